The molecular weight excluding hydrogens is 232 g/mol. The van der Waals surface area contributed by atoms with Crippen LogP contribution in [0.2, 0.25) is 0 Å². The molecule has 1 aromatic heterocycles. The number of nitrogens with one attached hydrogen (secondary N) is 1. The number of anilines is 1. The van der Waals surface area contributed by atoms with E-state index >= 15 is 0 Å². The van der Waals surface area contributed by atoms with Crippen LogP contribution < -0.4 is 16.6 Å². The van der Waals surface area contributed by atoms with Crippen molar-refractivity contribution in [1.82, 2.24) is 14.3 Å². The number of hydrogen-bond donors (Lipinski definition) is 1. The van der Waals surface area contributed by atoms with Crippen molar-refractivity contribution in [2.75, 3.05) is 5.32 Å². The van der Waals surface area contributed by atoms with Crippen LogP contribution in [-0.4, -0.2) is 20.4 Å². The molecule has 0 spiro atoms. The predicted octanol–water partition coefficient (Wildman–Crippen LogP) is 0.716. The minimum Gasteiger partial charge on any atom is -0.362 e. The van der Waals surface area contributed by atoms with E-state index in [2.05, 4.69) is 24.3 Å². The quantitative estimate of drug-likeness (QED) is 0.840. The maximum absolute atomic E-state index is 11.8. The van der Waals surface area contributed by atoms with Gasteiger partial charge in [0.15, 0.2) is 0 Å². The first-order chi connectivity index (χ1) is 8.32. The molecule has 0 bridgehead atoms. The van der Waals surface area contributed by atoms with Crippen LogP contribution in [0.4, 0.5) is 5.82 Å². The molecule has 1 aromatic rings. The third-order valence-corrected chi connectivity index (χ3v) is 2.88. The lowest BCUT2D eigenvalue weighted by Gasteiger charge is -2.15. The van der Waals surface area contributed by atoms with Crippen molar-refractivity contribution in [1.29, 1.82) is 0 Å². The van der Waals surface area contributed by atoms with Gasteiger partial charge in [-0.1, -0.05) is 13.8 Å². The molecule has 0 saturated carbocycles. The van der Waals surface area contributed by atoms with Crippen LogP contribution in [0.3, 0.4) is 0 Å². The van der Waals surface area contributed by atoms with Gasteiger partial charge in [0.05, 0.1) is 0 Å². The molecule has 1 N–H and O–H groups in total. The van der Waals surface area contributed by atoms with Crippen LogP contribution in [0.25, 0.3) is 0 Å². The Bertz CT molecular complexity index is 516. The van der Waals surface area contributed by atoms with Crippen LogP contribution in [0.5, 0.6) is 0 Å². The monoisotopic (exact) mass is 254 g/mol. The summed E-state index contributed by atoms with van der Waals surface area (Å²) in [5, 5.41) is 7.03. The van der Waals surface area contributed by atoms with Gasteiger partial charge < -0.3 is 5.32 Å². The van der Waals surface area contributed by atoms with Gasteiger partial charge in [-0.15, -0.1) is 5.10 Å². The molecule has 18 heavy (non-hydrogen) atoms. The lowest BCUT2D eigenvalue weighted by atomic mass is 10.0. The molecule has 0 amide bonds. The van der Waals surface area contributed by atoms with Crippen molar-refractivity contribution >= 4 is 5.82 Å². The maximum atomic E-state index is 11.8. The molecule has 6 nitrogen and oxygen atoms in total. The Kier molecular flexibility index (Phi) is 4.69. The summed E-state index contributed by atoms with van der Waals surface area (Å²) >= 11 is 0. The Morgan fingerprint density at radius 1 is 1.17 bits per heavy atom. The van der Waals surface area contributed by atoms with E-state index in [0.717, 1.165) is 17.4 Å². The molecule has 0 aromatic carbocycles. The lowest BCUT2D eigenvalue weighted by Crippen LogP contribution is -2.40. The fourth-order valence-electron chi connectivity index (χ4n) is 1.68. The normalized spacial score (nSPS) is 12.8. The fourth-order valence-corrected chi connectivity index (χ4v) is 1.68. The summed E-state index contributed by atoms with van der Waals surface area (Å²) in [6.07, 6.45) is 2.05. The molecule has 0 aliphatic rings. The van der Waals surface area contributed by atoms with Gasteiger partial charge in [0, 0.05) is 20.1 Å². The van der Waals surface area contributed by atoms with E-state index in [9.17, 15) is 9.59 Å². The Balaban J connectivity index is 2.86. The van der Waals surface area contributed by atoms with Gasteiger partial charge in [-0.25, -0.2) is 9.48 Å². The summed E-state index contributed by atoms with van der Waals surface area (Å²) in [6, 6.07) is 0.158. The van der Waals surface area contributed by atoms with Gasteiger partial charge in [-0.05, 0) is 25.7 Å². The zero-order chi connectivity index (χ0) is 13.9. The van der Waals surface area contributed by atoms with E-state index in [4.69, 9.17) is 0 Å². The second-order valence-corrected chi connectivity index (χ2v) is 5.14. The van der Waals surface area contributed by atoms with Crippen molar-refractivity contribution in [3.8, 4) is 0 Å². The molecular formula is C12H22N4O2. The van der Waals surface area contributed by atoms with Gasteiger partial charge in [0.25, 0.3) is 5.56 Å². The van der Waals surface area contributed by atoms with E-state index in [1.165, 1.54) is 18.8 Å². The fraction of sp³-hybridized carbons (Fsp3) is 0.750. The number of aryl methyl sites for hydroxylation is 1. The van der Waals surface area contributed by atoms with Crippen LogP contribution in [0.15, 0.2) is 9.59 Å². The summed E-state index contributed by atoms with van der Waals surface area (Å²) in [4.78, 5) is 23.3. The minimum absolute atomic E-state index is 0.158. The molecule has 0 saturated heterocycles. The topological polar surface area (TPSA) is 68.9 Å². The van der Waals surface area contributed by atoms with Gasteiger partial charge in [-0.2, -0.15) is 0 Å². The highest BCUT2D eigenvalue weighted by molar-refractivity contribution is 5.30. The highest BCUT2D eigenvalue weighted by Gasteiger charge is 2.11. The summed E-state index contributed by atoms with van der Waals surface area (Å²) in [5.41, 5.74) is -0.796. The molecule has 102 valence electrons. The van der Waals surface area contributed by atoms with E-state index < -0.39 is 5.69 Å². The summed E-state index contributed by atoms with van der Waals surface area (Å²) in [7, 11) is 2.99. The number of aromatic nitrogens is 3. The van der Waals surface area contributed by atoms with Gasteiger partial charge in [-0.3, -0.25) is 9.36 Å². The Labute approximate surface area is 107 Å². The third kappa shape index (κ3) is 3.45. The number of hydrogen-bond acceptors (Lipinski definition) is 4. The molecule has 0 aliphatic carbocycles. The summed E-state index contributed by atoms with van der Waals surface area (Å²) in [5.74, 6) is 0.862. The first kappa shape index (κ1) is 14.5. The zero-order valence-electron chi connectivity index (χ0n) is 11.7. The number of nitrogens with zero attached hydrogens (tertiary/aromatic N) is 3. The molecule has 0 aliphatic heterocycles. The highest BCUT2D eigenvalue weighted by Crippen LogP contribution is 2.08. The van der Waals surface area contributed by atoms with Crippen molar-refractivity contribution in [2.24, 2.45) is 20.0 Å². The van der Waals surface area contributed by atoms with Gasteiger partial charge in [0.1, 0.15) is 0 Å². The van der Waals surface area contributed by atoms with E-state index in [-0.39, 0.29) is 17.4 Å². The largest absolute Gasteiger partial charge is 0.362 e. The van der Waals surface area contributed by atoms with Gasteiger partial charge in [0.2, 0.25) is 5.82 Å². The Morgan fingerprint density at radius 3 is 2.33 bits per heavy atom. The SMILES string of the molecule is CC(C)CCC(C)Nc1nn(C)c(=O)n(C)c1=O. The second-order valence-electron chi connectivity index (χ2n) is 5.14. The van der Waals surface area contributed by atoms with Crippen LogP contribution in [0, 0.1) is 5.92 Å². The Morgan fingerprint density at radius 2 is 1.78 bits per heavy atom. The third-order valence-electron chi connectivity index (χ3n) is 2.88. The molecule has 1 unspecified atom stereocenters. The van der Waals surface area contributed by atoms with E-state index in [0.29, 0.717) is 5.92 Å². The van der Waals surface area contributed by atoms with Crippen LogP contribution >= 0.6 is 0 Å². The van der Waals surface area contributed by atoms with Gasteiger partial charge >= 0.3 is 5.69 Å². The standard InChI is InChI=1S/C12H22N4O2/c1-8(2)6-7-9(3)13-10-11(17)15(4)12(18)16(5)14-10/h8-9H,6-7H2,1-5H3,(H,13,14). The second kappa shape index (κ2) is 5.84. The first-order valence-corrected chi connectivity index (χ1v) is 6.23. The average Bonchev–Trinajstić information content (AvgIpc) is 2.30. The molecule has 1 heterocycles. The average molecular weight is 254 g/mol. The highest BCUT2D eigenvalue weighted by atomic mass is 16.2. The molecule has 0 radical (unpaired) electrons. The van der Waals surface area contributed by atoms with Crippen molar-refractivity contribution in [3.05, 3.63) is 20.8 Å². The Hall–Kier alpha value is -1.59. The molecule has 6 heteroatoms. The zero-order valence-corrected chi connectivity index (χ0v) is 11.7. The smallest absolute Gasteiger partial charge is 0.346 e. The van der Waals surface area contributed by atoms with Crippen LogP contribution in [-0.2, 0) is 14.1 Å². The molecule has 0 fully saturated rings. The summed E-state index contributed by atoms with van der Waals surface area (Å²) in [6.45, 7) is 6.33. The molecule has 1 atom stereocenters. The molecule has 1 rings (SSSR count). The number of rotatable bonds is 5. The van der Waals surface area contributed by atoms with Crippen molar-refractivity contribution < 1.29 is 0 Å². The van der Waals surface area contributed by atoms with E-state index in [1.54, 1.807) is 0 Å². The first-order valence-electron chi connectivity index (χ1n) is 6.23. The lowest BCUT2D eigenvalue weighted by molar-refractivity contribution is 0.523. The maximum Gasteiger partial charge on any atom is 0.346 e. The van der Waals surface area contributed by atoms with Crippen molar-refractivity contribution in [3.63, 3.8) is 0 Å². The summed E-state index contributed by atoms with van der Waals surface area (Å²) < 4.78 is 2.23. The predicted molar refractivity (Wildman–Crippen MR) is 71.9 cm³/mol. The van der Waals surface area contributed by atoms with E-state index in [1.807, 2.05) is 6.92 Å². The van der Waals surface area contributed by atoms with Crippen molar-refractivity contribution in [2.45, 2.75) is 39.7 Å². The van der Waals surface area contributed by atoms with Crippen LogP contribution in [0.1, 0.15) is 33.6 Å². The minimum atomic E-state index is -0.416.